The van der Waals surface area contributed by atoms with Gasteiger partial charge in [-0.05, 0) is 61.9 Å². The van der Waals surface area contributed by atoms with Crippen LogP contribution < -0.4 is 10.1 Å². The van der Waals surface area contributed by atoms with Crippen LogP contribution in [-0.4, -0.2) is 12.0 Å². The molecule has 152 valence electrons. The Balaban J connectivity index is 1.70. The lowest BCUT2D eigenvalue weighted by Crippen LogP contribution is -2.14. The normalized spacial score (nSPS) is 11.1. The van der Waals surface area contributed by atoms with Gasteiger partial charge in [-0.25, -0.2) is 0 Å². The first-order chi connectivity index (χ1) is 14.5. The fourth-order valence-corrected chi connectivity index (χ4v) is 4.59. The summed E-state index contributed by atoms with van der Waals surface area (Å²) in [5.74, 6) is 0.583. The van der Waals surface area contributed by atoms with E-state index in [0.717, 1.165) is 26.9 Å². The van der Waals surface area contributed by atoms with E-state index in [1.165, 1.54) is 11.1 Å². The molecule has 4 aromatic rings. The van der Waals surface area contributed by atoms with E-state index in [2.05, 4.69) is 48.6 Å². The highest BCUT2D eigenvalue weighted by molar-refractivity contribution is 7.21. The Morgan fingerprint density at radius 2 is 1.67 bits per heavy atom. The lowest BCUT2D eigenvalue weighted by atomic mass is 10.0. The van der Waals surface area contributed by atoms with Gasteiger partial charge in [-0.3, -0.25) is 4.79 Å². The van der Waals surface area contributed by atoms with E-state index < -0.39 is 0 Å². The number of hydrogen-bond acceptors (Lipinski definition) is 3. The second-order valence-corrected chi connectivity index (χ2v) is 8.74. The van der Waals surface area contributed by atoms with Gasteiger partial charge in [0.05, 0.1) is 16.7 Å². The number of aryl methyl sites for hydroxylation is 1. The Bertz CT molecular complexity index is 1180. The minimum Gasteiger partial charge on any atom is -0.489 e. The van der Waals surface area contributed by atoms with Crippen LogP contribution in [0.2, 0.25) is 0 Å². The molecular formula is C26H25NO2S. The van der Waals surface area contributed by atoms with Crippen LogP contribution in [0.4, 0.5) is 5.69 Å². The van der Waals surface area contributed by atoms with Crippen LogP contribution >= 0.6 is 11.3 Å². The molecule has 0 fully saturated rings. The van der Waals surface area contributed by atoms with Gasteiger partial charge < -0.3 is 10.1 Å². The average molecular weight is 416 g/mol. The second-order valence-electron chi connectivity index (χ2n) is 7.69. The van der Waals surface area contributed by atoms with Crippen molar-refractivity contribution in [3.63, 3.8) is 0 Å². The lowest BCUT2D eigenvalue weighted by molar-refractivity contribution is 0.102. The summed E-state index contributed by atoms with van der Waals surface area (Å²) in [6.45, 7) is 6.04. The zero-order valence-electron chi connectivity index (χ0n) is 17.4. The number of anilines is 1. The minimum atomic E-state index is -0.0990. The summed E-state index contributed by atoms with van der Waals surface area (Å²) in [7, 11) is 0. The number of hydrogen-bond donors (Lipinski definition) is 1. The number of carbonyl (C=O) groups is 1. The summed E-state index contributed by atoms with van der Waals surface area (Å²) >= 11 is 1.54. The van der Waals surface area contributed by atoms with Gasteiger partial charge in [0, 0.05) is 4.70 Å². The van der Waals surface area contributed by atoms with E-state index in [-0.39, 0.29) is 12.0 Å². The van der Waals surface area contributed by atoms with Crippen LogP contribution in [0.5, 0.6) is 5.75 Å². The number of ether oxygens (including phenoxy) is 1. The molecular weight excluding hydrogens is 390 g/mol. The van der Waals surface area contributed by atoms with Crippen molar-refractivity contribution in [2.45, 2.75) is 33.3 Å². The highest BCUT2D eigenvalue weighted by Crippen LogP contribution is 2.34. The summed E-state index contributed by atoms with van der Waals surface area (Å²) < 4.78 is 6.99. The number of thiophene rings is 1. The Morgan fingerprint density at radius 3 is 2.43 bits per heavy atom. The number of nitrogens with one attached hydrogen (secondary N) is 1. The summed E-state index contributed by atoms with van der Waals surface area (Å²) in [5.41, 5.74) is 4.18. The highest BCUT2D eigenvalue weighted by atomic mass is 32.1. The molecule has 30 heavy (non-hydrogen) atoms. The summed E-state index contributed by atoms with van der Waals surface area (Å²) in [4.78, 5) is 14.1. The lowest BCUT2D eigenvalue weighted by Gasteiger charge is -2.15. The largest absolute Gasteiger partial charge is 0.489 e. The highest BCUT2D eigenvalue weighted by Gasteiger charge is 2.20. The van der Waals surface area contributed by atoms with Gasteiger partial charge >= 0.3 is 0 Å². The molecule has 1 aromatic heterocycles. The standard InChI is InChI=1S/C26H25NO2S/c1-17(2)29-23-10-6-5-9-22(23)27-26(28)25-21(16-19-14-12-18(3)13-15-19)20-8-4-7-11-24(20)30-25/h4-15,17H,16H2,1-3H3,(H,27,28). The first kappa shape index (κ1) is 20.2. The summed E-state index contributed by atoms with van der Waals surface area (Å²) in [5, 5.41) is 4.21. The maximum Gasteiger partial charge on any atom is 0.266 e. The van der Waals surface area contributed by atoms with E-state index in [9.17, 15) is 4.79 Å². The fraction of sp³-hybridized carbons (Fsp3) is 0.192. The van der Waals surface area contributed by atoms with E-state index in [0.29, 0.717) is 11.4 Å². The molecule has 0 aliphatic rings. The van der Waals surface area contributed by atoms with Gasteiger partial charge in [0.25, 0.3) is 5.91 Å². The molecule has 0 saturated carbocycles. The van der Waals surface area contributed by atoms with Gasteiger partial charge in [-0.1, -0.05) is 60.2 Å². The van der Waals surface area contributed by atoms with Crippen molar-refractivity contribution >= 4 is 33.0 Å². The van der Waals surface area contributed by atoms with E-state index >= 15 is 0 Å². The van der Waals surface area contributed by atoms with Crippen LogP contribution in [0.15, 0.2) is 72.8 Å². The summed E-state index contributed by atoms with van der Waals surface area (Å²) in [6, 6.07) is 24.3. The van der Waals surface area contributed by atoms with E-state index in [1.54, 1.807) is 11.3 Å². The third-order valence-electron chi connectivity index (χ3n) is 4.90. The van der Waals surface area contributed by atoms with Crippen molar-refractivity contribution in [1.29, 1.82) is 0 Å². The molecule has 1 N–H and O–H groups in total. The van der Waals surface area contributed by atoms with Crippen molar-refractivity contribution in [3.05, 3.63) is 94.4 Å². The third-order valence-corrected chi connectivity index (χ3v) is 6.12. The van der Waals surface area contributed by atoms with Crippen LogP contribution in [-0.2, 0) is 6.42 Å². The number of carbonyl (C=O) groups excluding carboxylic acids is 1. The average Bonchev–Trinajstić information content (AvgIpc) is 3.09. The predicted octanol–water partition coefficient (Wildman–Crippen LogP) is 6.84. The van der Waals surface area contributed by atoms with Crippen LogP contribution in [0, 0.1) is 6.92 Å². The van der Waals surface area contributed by atoms with Crippen LogP contribution in [0.3, 0.4) is 0 Å². The van der Waals surface area contributed by atoms with Gasteiger partial charge in [-0.2, -0.15) is 0 Å². The molecule has 0 atom stereocenters. The van der Waals surface area contributed by atoms with Crippen LogP contribution in [0.1, 0.15) is 40.2 Å². The Kier molecular flexibility index (Phi) is 5.86. The zero-order chi connectivity index (χ0) is 21.1. The fourth-order valence-electron chi connectivity index (χ4n) is 3.47. The quantitative estimate of drug-likeness (QED) is 0.374. The topological polar surface area (TPSA) is 38.3 Å². The molecule has 3 nitrogen and oxygen atoms in total. The van der Waals surface area contributed by atoms with Crippen molar-refractivity contribution in [2.24, 2.45) is 0 Å². The van der Waals surface area contributed by atoms with Crippen molar-refractivity contribution in [1.82, 2.24) is 0 Å². The number of para-hydroxylation sites is 2. The van der Waals surface area contributed by atoms with Gasteiger partial charge in [0.15, 0.2) is 0 Å². The van der Waals surface area contributed by atoms with Gasteiger partial charge in [0.1, 0.15) is 5.75 Å². The molecule has 0 aliphatic heterocycles. The molecule has 4 heteroatoms. The molecule has 0 bridgehead atoms. The molecule has 0 spiro atoms. The molecule has 0 aliphatic carbocycles. The van der Waals surface area contributed by atoms with Gasteiger partial charge in [-0.15, -0.1) is 11.3 Å². The summed E-state index contributed by atoms with van der Waals surface area (Å²) in [6.07, 6.45) is 0.751. The number of amides is 1. The number of rotatable bonds is 6. The molecule has 0 radical (unpaired) electrons. The monoisotopic (exact) mass is 415 g/mol. The maximum atomic E-state index is 13.3. The Hall–Kier alpha value is -3.11. The molecule has 3 aromatic carbocycles. The third kappa shape index (κ3) is 4.39. The predicted molar refractivity (Wildman–Crippen MR) is 126 cm³/mol. The number of benzene rings is 3. The van der Waals surface area contributed by atoms with Crippen molar-refractivity contribution in [2.75, 3.05) is 5.32 Å². The second kappa shape index (κ2) is 8.72. The maximum absolute atomic E-state index is 13.3. The molecule has 4 rings (SSSR count). The minimum absolute atomic E-state index is 0.0319. The molecule has 0 saturated heterocycles. The zero-order valence-corrected chi connectivity index (χ0v) is 18.3. The Morgan fingerprint density at radius 1 is 0.967 bits per heavy atom. The van der Waals surface area contributed by atoms with Gasteiger partial charge in [0.2, 0.25) is 0 Å². The van der Waals surface area contributed by atoms with E-state index in [4.69, 9.17) is 4.74 Å². The smallest absolute Gasteiger partial charge is 0.266 e. The Labute approximate surface area is 181 Å². The molecule has 0 unspecified atom stereocenters. The number of fused-ring (bicyclic) bond motifs is 1. The van der Waals surface area contributed by atoms with Crippen molar-refractivity contribution in [3.8, 4) is 5.75 Å². The van der Waals surface area contributed by atoms with Crippen molar-refractivity contribution < 1.29 is 9.53 Å². The molecule has 1 amide bonds. The first-order valence-electron chi connectivity index (χ1n) is 10.1. The van der Waals surface area contributed by atoms with Crippen LogP contribution in [0.25, 0.3) is 10.1 Å². The first-order valence-corrected chi connectivity index (χ1v) is 11.0. The SMILES string of the molecule is Cc1ccc(Cc2c(C(=O)Nc3ccccc3OC(C)C)sc3ccccc23)cc1. The molecule has 1 heterocycles. The van der Waals surface area contributed by atoms with E-state index in [1.807, 2.05) is 50.2 Å².